The van der Waals surface area contributed by atoms with Crippen LogP contribution in [0, 0.1) is 0 Å². The number of thiol groups is 2. The van der Waals surface area contributed by atoms with Crippen molar-refractivity contribution in [3.8, 4) is 0 Å². The topological polar surface area (TPSA) is 37.3 Å². The first-order valence-electron chi connectivity index (χ1n) is 4.27. The molecule has 0 spiro atoms. The molecular weight excluding hydrogens is 228 g/mol. The summed E-state index contributed by atoms with van der Waals surface area (Å²) < 4.78 is 0. The lowest BCUT2D eigenvalue weighted by Gasteiger charge is -2.05. The second-order valence-corrected chi connectivity index (χ2v) is 4.14. The maximum atomic E-state index is 10.9. The largest absolute Gasteiger partial charge is 0.478 e. The van der Waals surface area contributed by atoms with Crippen molar-refractivity contribution in [3.05, 3.63) is 35.9 Å². The molecule has 0 saturated carbocycles. The molecule has 2 aromatic carbocycles. The van der Waals surface area contributed by atoms with Crippen LogP contribution in [0.2, 0.25) is 0 Å². The Morgan fingerprint density at radius 2 is 1.87 bits per heavy atom. The molecule has 0 aromatic heterocycles. The van der Waals surface area contributed by atoms with E-state index < -0.39 is 5.97 Å². The van der Waals surface area contributed by atoms with Gasteiger partial charge in [0.15, 0.2) is 0 Å². The fourth-order valence-electron chi connectivity index (χ4n) is 1.47. The van der Waals surface area contributed by atoms with Gasteiger partial charge in [-0.25, -0.2) is 4.79 Å². The highest BCUT2D eigenvalue weighted by molar-refractivity contribution is 7.80. The number of carbonyl (C=O) groups is 1. The molecule has 0 heterocycles. The fraction of sp³-hybridized carbons (Fsp3) is 0. The van der Waals surface area contributed by atoms with Gasteiger partial charge in [0.2, 0.25) is 0 Å². The third kappa shape index (κ3) is 1.82. The Labute approximate surface area is 97.7 Å². The van der Waals surface area contributed by atoms with Crippen LogP contribution in [0.5, 0.6) is 0 Å². The van der Waals surface area contributed by atoms with Crippen LogP contribution >= 0.6 is 25.3 Å². The summed E-state index contributed by atoms with van der Waals surface area (Å²) in [5.41, 5.74) is 0.213. The summed E-state index contributed by atoms with van der Waals surface area (Å²) in [6.45, 7) is 0. The van der Waals surface area contributed by atoms with Crippen molar-refractivity contribution in [1.29, 1.82) is 0 Å². The number of fused-ring (bicyclic) bond motifs is 1. The van der Waals surface area contributed by atoms with Crippen molar-refractivity contribution >= 4 is 42.0 Å². The SMILES string of the molecule is O=C(O)c1cc2cccc(S)c2cc1S. The predicted octanol–water partition coefficient (Wildman–Crippen LogP) is 3.12. The summed E-state index contributed by atoms with van der Waals surface area (Å²) in [5.74, 6) is -0.966. The summed E-state index contributed by atoms with van der Waals surface area (Å²) >= 11 is 8.45. The number of carboxylic acid groups (broad SMARTS) is 1. The maximum absolute atomic E-state index is 10.9. The number of hydrogen-bond acceptors (Lipinski definition) is 3. The van der Waals surface area contributed by atoms with Crippen LogP contribution < -0.4 is 0 Å². The standard InChI is InChI=1S/C11H8O2S2/c12-11(13)8-4-6-2-1-3-9(14)7(6)5-10(8)15/h1-5,14-15H,(H,12,13). The van der Waals surface area contributed by atoms with Gasteiger partial charge in [-0.2, -0.15) is 0 Å². The van der Waals surface area contributed by atoms with Crippen molar-refractivity contribution in [1.82, 2.24) is 0 Å². The molecule has 2 rings (SSSR count). The van der Waals surface area contributed by atoms with E-state index in [1.54, 1.807) is 12.1 Å². The Bertz CT molecular complexity index is 550. The van der Waals surface area contributed by atoms with Crippen LogP contribution in [0.4, 0.5) is 0 Å². The first-order chi connectivity index (χ1) is 7.09. The molecule has 0 amide bonds. The minimum Gasteiger partial charge on any atom is -0.478 e. The van der Waals surface area contributed by atoms with E-state index in [4.69, 9.17) is 5.11 Å². The average molecular weight is 236 g/mol. The van der Waals surface area contributed by atoms with Crippen LogP contribution in [0.15, 0.2) is 40.1 Å². The van der Waals surface area contributed by atoms with Crippen molar-refractivity contribution < 1.29 is 9.90 Å². The molecule has 76 valence electrons. The maximum Gasteiger partial charge on any atom is 0.336 e. The van der Waals surface area contributed by atoms with E-state index in [9.17, 15) is 4.79 Å². The summed E-state index contributed by atoms with van der Waals surface area (Å²) in [5, 5.41) is 10.7. The number of aromatic carboxylic acids is 1. The molecule has 2 aromatic rings. The molecule has 0 radical (unpaired) electrons. The molecular formula is C11H8O2S2. The monoisotopic (exact) mass is 236 g/mol. The van der Waals surface area contributed by atoms with Gasteiger partial charge in [-0.05, 0) is 29.0 Å². The van der Waals surface area contributed by atoms with Crippen molar-refractivity contribution in [3.63, 3.8) is 0 Å². The smallest absolute Gasteiger partial charge is 0.336 e. The predicted molar refractivity (Wildman–Crippen MR) is 65.4 cm³/mol. The second kappa shape index (κ2) is 3.79. The minimum absolute atomic E-state index is 0.213. The molecule has 0 atom stereocenters. The van der Waals surface area contributed by atoms with E-state index in [1.807, 2.05) is 18.2 Å². The highest BCUT2D eigenvalue weighted by Gasteiger charge is 2.09. The van der Waals surface area contributed by atoms with Crippen LogP contribution in [0.3, 0.4) is 0 Å². The third-order valence-electron chi connectivity index (χ3n) is 2.20. The van der Waals surface area contributed by atoms with Gasteiger partial charge in [0.1, 0.15) is 0 Å². The van der Waals surface area contributed by atoms with Crippen molar-refractivity contribution in [2.24, 2.45) is 0 Å². The van der Waals surface area contributed by atoms with E-state index in [1.165, 1.54) is 0 Å². The molecule has 15 heavy (non-hydrogen) atoms. The molecule has 0 fully saturated rings. The Morgan fingerprint density at radius 3 is 2.53 bits per heavy atom. The van der Waals surface area contributed by atoms with Gasteiger partial charge in [-0.1, -0.05) is 12.1 Å². The van der Waals surface area contributed by atoms with E-state index in [0.29, 0.717) is 4.90 Å². The summed E-state index contributed by atoms with van der Waals surface area (Å²) in [6, 6.07) is 8.90. The van der Waals surface area contributed by atoms with Gasteiger partial charge in [0.25, 0.3) is 0 Å². The van der Waals surface area contributed by atoms with Crippen LogP contribution in [-0.2, 0) is 0 Å². The molecule has 0 saturated heterocycles. The summed E-state index contributed by atoms with van der Waals surface area (Å²) in [4.78, 5) is 12.2. The highest BCUT2D eigenvalue weighted by atomic mass is 32.1. The number of hydrogen-bond donors (Lipinski definition) is 3. The van der Waals surface area contributed by atoms with Crippen LogP contribution in [0.1, 0.15) is 10.4 Å². The molecule has 0 unspecified atom stereocenters. The van der Waals surface area contributed by atoms with E-state index in [-0.39, 0.29) is 5.56 Å². The Hall–Kier alpha value is -1.13. The van der Waals surface area contributed by atoms with Crippen LogP contribution in [0.25, 0.3) is 10.8 Å². The molecule has 2 nitrogen and oxygen atoms in total. The van der Waals surface area contributed by atoms with E-state index in [2.05, 4.69) is 25.3 Å². The van der Waals surface area contributed by atoms with Gasteiger partial charge in [-0.3, -0.25) is 0 Å². The molecule has 0 aliphatic rings. The first-order valence-corrected chi connectivity index (χ1v) is 5.17. The van der Waals surface area contributed by atoms with Crippen molar-refractivity contribution in [2.45, 2.75) is 9.79 Å². The second-order valence-electron chi connectivity index (χ2n) is 3.17. The molecule has 0 bridgehead atoms. The molecule has 4 heteroatoms. The zero-order valence-electron chi connectivity index (χ0n) is 7.64. The third-order valence-corrected chi connectivity index (χ3v) is 2.96. The lowest BCUT2D eigenvalue weighted by molar-refractivity contribution is 0.0693. The van der Waals surface area contributed by atoms with Gasteiger partial charge in [0.05, 0.1) is 5.56 Å². The minimum atomic E-state index is -0.966. The van der Waals surface area contributed by atoms with Gasteiger partial charge >= 0.3 is 5.97 Å². The average Bonchev–Trinajstić information content (AvgIpc) is 2.18. The van der Waals surface area contributed by atoms with E-state index >= 15 is 0 Å². The Morgan fingerprint density at radius 1 is 1.13 bits per heavy atom. The number of benzene rings is 2. The van der Waals surface area contributed by atoms with Gasteiger partial charge in [0, 0.05) is 9.79 Å². The zero-order chi connectivity index (χ0) is 11.0. The normalized spacial score (nSPS) is 10.5. The van der Waals surface area contributed by atoms with E-state index in [0.717, 1.165) is 15.7 Å². The number of rotatable bonds is 1. The lowest BCUT2D eigenvalue weighted by atomic mass is 10.1. The quantitative estimate of drug-likeness (QED) is 0.665. The first kappa shape index (κ1) is 10.4. The Kier molecular flexibility index (Phi) is 2.63. The van der Waals surface area contributed by atoms with Gasteiger partial charge < -0.3 is 5.11 Å². The number of carboxylic acids is 1. The fourth-order valence-corrected chi connectivity index (χ4v) is 2.04. The molecule has 0 aliphatic carbocycles. The van der Waals surface area contributed by atoms with Crippen LogP contribution in [-0.4, -0.2) is 11.1 Å². The van der Waals surface area contributed by atoms with Gasteiger partial charge in [-0.15, -0.1) is 25.3 Å². The zero-order valence-corrected chi connectivity index (χ0v) is 9.43. The Balaban J connectivity index is 2.82. The highest BCUT2D eigenvalue weighted by Crippen LogP contribution is 2.27. The lowest BCUT2D eigenvalue weighted by Crippen LogP contribution is -1.97. The molecule has 1 N–H and O–H groups in total. The molecule has 0 aliphatic heterocycles. The summed E-state index contributed by atoms with van der Waals surface area (Å²) in [7, 11) is 0. The van der Waals surface area contributed by atoms with Crippen molar-refractivity contribution in [2.75, 3.05) is 0 Å². The summed E-state index contributed by atoms with van der Waals surface area (Å²) in [6.07, 6.45) is 0.